The van der Waals surface area contributed by atoms with Gasteiger partial charge in [0.15, 0.2) is 5.17 Å². The summed E-state index contributed by atoms with van der Waals surface area (Å²) in [7, 11) is 0. The third-order valence-electron chi connectivity index (χ3n) is 3.51. The number of hydrogen-bond donors (Lipinski definition) is 2. The largest absolute Gasteiger partial charge is 0.365 e. The van der Waals surface area contributed by atoms with E-state index in [1.54, 1.807) is 11.8 Å². The van der Waals surface area contributed by atoms with Gasteiger partial charge in [0.05, 0.1) is 0 Å². The number of hydrogen-bond acceptors (Lipinski definition) is 2. The first kappa shape index (κ1) is 16.8. The average Bonchev–Trinajstić information content (AvgIpc) is 2.30. The number of thioether (sulfide) groups is 1. The second-order valence-electron chi connectivity index (χ2n) is 5.35. The highest BCUT2D eigenvalue weighted by Gasteiger charge is 2.16. The highest BCUT2D eigenvalue weighted by molar-refractivity contribution is 8.13. The van der Waals surface area contributed by atoms with Crippen LogP contribution in [0.2, 0.25) is 0 Å². The molecule has 17 heavy (non-hydrogen) atoms. The van der Waals surface area contributed by atoms with E-state index in [1.807, 2.05) is 0 Å². The van der Waals surface area contributed by atoms with Crippen molar-refractivity contribution in [3.8, 4) is 0 Å². The molecule has 2 unspecified atom stereocenters. The standard InChI is InChI=1S/C14H30N2S/c1-6-7-8-9-16-14(15)17-10-12(4)13(5)11(2)3/h11-13H,6-10H2,1-5H3,(H2,15,16). The maximum atomic E-state index is 7.82. The molecule has 0 spiro atoms. The first-order chi connectivity index (χ1) is 7.99. The van der Waals surface area contributed by atoms with E-state index >= 15 is 0 Å². The normalized spacial score (nSPS) is 14.7. The summed E-state index contributed by atoms with van der Waals surface area (Å²) in [6.07, 6.45) is 3.67. The predicted octanol–water partition coefficient (Wildman–Crippen LogP) is 4.36. The van der Waals surface area contributed by atoms with Crippen molar-refractivity contribution < 1.29 is 0 Å². The highest BCUT2D eigenvalue weighted by atomic mass is 32.2. The van der Waals surface area contributed by atoms with E-state index in [-0.39, 0.29) is 0 Å². The molecular weight excluding hydrogens is 228 g/mol. The second kappa shape index (κ2) is 9.81. The molecule has 0 bridgehead atoms. The van der Waals surface area contributed by atoms with Crippen molar-refractivity contribution in [1.82, 2.24) is 5.32 Å². The molecule has 2 atom stereocenters. The fraction of sp³-hybridized carbons (Fsp3) is 0.929. The van der Waals surface area contributed by atoms with E-state index in [9.17, 15) is 0 Å². The van der Waals surface area contributed by atoms with Gasteiger partial charge in [-0.05, 0) is 24.2 Å². The molecule has 0 aliphatic rings. The molecule has 0 aliphatic carbocycles. The van der Waals surface area contributed by atoms with Crippen molar-refractivity contribution in [2.45, 2.75) is 53.9 Å². The zero-order valence-electron chi connectivity index (χ0n) is 12.2. The molecule has 3 heteroatoms. The minimum absolute atomic E-state index is 0.643. The lowest BCUT2D eigenvalue weighted by Gasteiger charge is -2.23. The van der Waals surface area contributed by atoms with E-state index in [4.69, 9.17) is 5.41 Å². The Balaban J connectivity index is 3.62. The molecule has 0 aliphatic heterocycles. The van der Waals surface area contributed by atoms with Crippen LogP contribution >= 0.6 is 11.8 Å². The molecule has 0 aromatic carbocycles. The minimum atomic E-state index is 0.643. The van der Waals surface area contributed by atoms with Gasteiger partial charge < -0.3 is 5.32 Å². The van der Waals surface area contributed by atoms with Gasteiger partial charge in [-0.3, -0.25) is 5.41 Å². The molecule has 0 aromatic heterocycles. The summed E-state index contributed by atoms with van der Waals surface area (Å²) in [6, 6.07) is 0. The molecule has 2 nitrogen and oxygen atoms in total. The Bertz CT molecular complexity index is 204. The SMILES string of the molecule is CCCCCNC(=N)SCC(C)C(C)C(C)C. The zero-order valence-corrected chi connectivity index (χ0v) is 13.0. The van der Waals surface area contributed by atoms with Crippen molar-refractivity contribution in [1.29, 1.82) is 5.41 Å². The van der Waals surface area contributed by atoms with Gasteiger partial charge >= 0.3 is 0 Å². The molecule has 0 radical (unpaired) electrons. The molecule has 102 valence electrons. The number of unbranched alkanes of at least 4 members (excludes halogenated alkanes) is 2. The maximum Gasteiger partial charge on any atom is 0.153 e. The lowest BCUT2D eigenvalue weighted by molar-refractivity contribution is 0.321. The van der Waals surface area contributed by atoms with Crippen LogP contribution in [-0.4, -0.2) is 17.5 Å². The van der Waals surface area contributed by atoms with Crippen molar-refractivity contribution in [3.05, 3.63) is 0 Å². The van der Waals surface area contributed by atoms with E-state index in [2.05, 4.69) is 39.9 Å². The molecule has 0 aromatic rings. The first-order valence-electron chi connectivity index (χ1n) is 6.94. The van der Waals surface area contributed by atoms with Crippen molar-refractivity contribution in [2.75, 3.05) is 12.3 Å². The van der Waals surface area contributed by atoms with Gasteiger partial charge in [0.25, 0.3) is 0 Å². The number of amidine groups is 1. The Morgan fingerprint density at radius 1 is 1.18 bits per heavy atom. The minimum Gasteiger partial charge on any atom is -0.365 e. The third-order valence-corrected chi connectivity index (χ3v) is 4.63. The summed E-state index contributed by atoms with van der Waals surface area (Å²) < 4.78 is 0. The van der Waals surface area contributed by atoms with Crippen LogP contribution in [0.4, 0.5) is 0 Å². The Morgan fingerprint density at radius 2 is 1.82 bits per heavy atom. The molecule has 0 rings (SSSR count). The van der Waals surface area contributed by atoms with Crippen LogP contribution < -0.4 is 5.32 Å². The van der Waals surface area contributed by atoms with Crippen LogP contribution in [0.3, 0.4) is 0 Å². The third kappa shape index (κ3) is 8.53. The number of rotatable bonds is 8. The highest BCUT2D eigenvalue weighted by Crippen LogP contribution is 2.23. The van der Waals surface area contributed by atoms with Crippen LogP contribution in [0.25, 0.3) is 0 Å². The zero-order chi connectivity index (χ0) is 13.3. The van der Waals surface area contributed by atoms with Crippen molar-refractivity contribution in [2.24, 2.45) is 17.8 Å². The van der Waals surface area contributed by atoms with E-state index < -0.39 is 0 Å². The fourth-order valence-electron chi connectivity index (χ4n) is 1.65. The first-order valence-corrected chi connectivity index (χ1v) is 7.92. The van der Waals surface area contributed by atoms with Crippen LogP contribution in [0.1, 0.15) is 53.9 Å². The Morgan fingerprint density at radius 3 is 2.35 bits per heavy atom. The lowest BCUT2D eigenvalue weighted by atomic mass is 9.87. The summed E-state index contributed by atoms with van der Waals surface area (Å²) in [5.74, 6) is 3.20. The van der Waals surface area contributed by atoms with E-state index in [0.717, 1.165) is 24.1 Å². The summed E-state index contributed by atoms with van der Waals surface area (Å²) in [5.41, 5.74) is 0. The number of nitrogens with one attached hydrogen (secondary N) is 2. The Hall–Kier alpha value is -0.180. The van der Waals surface area contributed by atoms with Gasteiger partial charge in [-0.25, -0.2) is 0 Å². The van der Waals surface area contributed by atoms with Crippen molar-refractivity contribution in [3.63, 3.8) is 0 Å². The topological polar surface area (TPSA) is 35.9 Å². The van der Waals surface area contributed by atoms with Crippen molar-refractivity contribution >= 4 is 16.9 Å². The predicted molar refractivity (Wildman–Crippen MR) is 80.9 cm³/mol. The molecule has 0 saturated heterocycles. The quantitative estimate of drug-likeness (QED) is 0.385. The molecule has 0 fully saturated rings. The lowest BCUT2D eigenvalue weighted by Crippen LogP contribution is -2.23. The summed E-state index contributed by atoms with van der Waals surface area (Å²) in [6.45, 7) is 12.3. The van der Waals surface area contributed by atoms with Gasteiger partial charge in [0, 0.05) is 12.3 Å². The fourth-order valence-corrected chi connectivity index (χ4v) is 2.59. The van der Waals surface area contributed by atoms with Crippen LogP contribution in [-0.2, 0) is 0 Å². The molecular formula is C14H30N2S. The van der Waals surface area contributed by atoms with Gasteiger partial charge in [-0.15, -0.1) is 0 Å². The summed E-state index contributed by atoms with van der Waals surface area (Å²) in [5, 5.41) is 11.6. The average molecular weight is 258 g/mol. The smallest absolute Gasteiger partial charge is 0.153 e. The Labute approximate surface area is 112 Å². The van der Waals surface area contributed by atoms with Gasteiger partial charge in [-0.1, -0.05) is 59.2 Å². The van der Waals surface area contributed by atoms with Gasteiger partial charge in [0.1, 0.15) is 0 Å². The summed E-state index contributed by atoms with van der Waals surface area (Å²) in [4.78, 5) is 0. The monoisotopic (exact) mass is 258 g/mol. The second-order valence-corrected chi connectivity index (χ2v) is 6.38. The van der Waals surface area contributed by atoms with E-state index in [1.165, 1.54) is 19.3 Å². The Kier molecular flexibility index (Phi) is 9.71. The molecule has 0 saturated carbocycles. The molecule has 0 amide bonds. The summed E-state index contributed by atoms with van der Waals surface area (Å²) >= 11 is 1.66. The van der Waals surface area contributed by atoms with Crippen LogP contribution in [0.15, 0.2) is 0 Å². The molecule has 0 heterocycles. The van der Waals surface area contributed by atoms with Crippen LogP contribution in [0.5, 0.6) is 0 Å². The van der Waals surface area contributed by atoms with Gasteiger partial charge in [0.2, 0.25) is 0 Å². The van der Waals surface area contributed by atoms with E-state index in [0.29, 0.717) is 11.1 Å². The van der Waals surface area contributed by atoms with Gasteiger partial charge in [-0.2, -0.15) is 0 Å². The van der Waals surface area contributed by atoms with Crippen LogP contribution in [0, 0.1) is 23.2 Å². The maximum absolute atomic E-state index is 7.82. The molecule has 2 N–H and O–H groups in total.